The monoisotopic (exact) mass is 744 g/mol. The van der Waals surface area contributed by atoms with Crippen LogP contribution in [0.25, 0.3) is 104 Å². The third kappa shape index (κ3) is 5.40. The summed E-state index contributed by atoms with van der Waals surface area (Å²) in [5.74, 6) is 1.04. The Morgan fingerprint density at radius 3 is 2.02 bits per heavy atom. The number of rotatable bonds is 6. The van der Waals surface area contributed by atoms with Crippen molar-refractivity contribution in [3.8, 4) is 62.1 Å². The van der Waals surface area contributed by atoms with Gasteiger partial charge in [0.15, 0.2) is 17.5 Å². The smallest absolute Gasteiger partial charge is 0.166 e. The van der Waals surface area contributed by atoms with Gasteiger partial charge >= 0.3 is 0 Å². The quantitative estimate of drug-likeness (QED) is 0.170. The fourth-order valence-corrected chi connectivity index (χ4v) is 8.41. The molecular formula is C51H32N4S. The van der Waals surface area contributed by atoms with Gasteiger partial charge in [0.1, 0.15) is 0 Å². The highest BCUT2D eigenvalue weighted by molar-refractivity contribution is 7.26. The summed E-state index contributed by atoms with van der Waals surface area (Å²) >= 11 is 1.07. The van der Waals surface area contributed by atoms with E-state index in [0.29, 0.717) is 50.0 Å². The van der Waals surface area contributed by atoms with Gasteiger partial charge in [0.05, 0.1) is 33.2 Å². The average molecular weight is 745 g/mol. The van der Waals surface area contributed by atoms with Crippen molar-refractivity contribution in [1.82, 2.24) is 19.5 Å². The predicted molar refractivity (Wildman–Crippen MR) is 234 cm³/mol. The highest BCUT2D eigenvalue weighted by Gasteiger charge is 2.20. The summed E-state index contributed by atoms with van der Waals surface area (Å²) in [6, 6.07) is 33.6. The molecule has 0 bridgehead atoms. The number of thiophene rings is 1. The molecule has 0 aliphatic rings. The second kappa shape index (κ2) is 13.3. The lowest BCUT2D eigenvalue weighted by molar-refractivity contribution is 1.06. The largest absolute Gasteiger partial charge is 0.309 e. The molecule has 0 aliphatic carbocycles. The van der Waals surface area contributed by atoms with E-state index in [0.717, 1.165) is 44.4 Å². The van der Waals surface area contributed by atoms with Crippen molar-refractivity contribution >= 4 is 53.3 Å². The van der Waals surface area contributed by atoms with Gasteiger partial charge in [-0.25, -0.2) is 15.0 Å². The lowest BCUT2D eigenvalue weighted by Crippen LogP contribution is -2.03. The van der Waals surface area contributed by atoms with Crippen LogP contribution in [0.2, 0.25) is 0 Å². The van der Waals surface area contributed by atoms with Crippen LogP contribution in [0.1, 0.15) is 16.4 Å². The van der Waals surface area contributed by atoms with Crippen molar-refractivity contribution in [3.05, 3.63) is 194 Å². The van der Waals surface area contributed by atoms with Gasteiger partial charge in [-0.15, -0.1) is 11.3 Å². The molecular weight excluding hydrogens is 701 g/mol. The molecule has 0 atom stereocenters. The van der Waals surface area contributed by atoms with Crippen molar-refractivity contribution in [2.75, 3.05) is 0 Å². The summed E-state index contributed by atoms with van der Waals surface area (Å²) in [6.07, 6.45) is 0. The maximum Gasteiger partial charge on any atom is 0.166 e. The van der Waals surface area contributed by atoms with E-state index in [-0.39, 0.29) is 63.3 Å². The molecule has 0 radical (unpaired) electrons. The minimum Gasteiger partial charge on any atom is -0.309 e. The SMILES string of the molecule is [2H]c1c([2H])c([2H])c(-c2ccc3c(c2)c2ccccc2n3-c2ccccc2-c2nc(-c3ccccc3)nc(-c3cccc(-c4c([2H])c([2H])c([2H])c5c4sc4c([2H])c([2H])c([2H])c([2H])c45)c3)n2)c([2H])c1[2H]. The molecule has 3 aromatic heterocycles. The summed E-state index contributed by atoms with van der Waals surface area (Å²) in [6.45, 7) is 0. The third-order valence-electron chi connectivity index (χ3n) is 9.86. The second-order valence-electron chi connectivity index (χ2n) is 13.1. The number of hydrogen-bond acceptors (Lipinski definition) is 4. The van der Waals surface area contributed by atoms with E-state index >= 15 is 0 Å². The highest BCUT2D eigenvalue weighted by atomic mass is 32.1. The third-order valence-corrected chi connectivity index (χ3v) is 11.0. The molecule has 56 heavy (non-hydrogen) atoms. The Labute approximate surface area is 344 Å². The summed E-state index contributed by atoms with van der Waals surface area (Å²) in [5.41, 5.74) is 5.72. The molecule has 4 nitrogen and oxygen atoms in total. The number of fused-ring (bicyclic) bond motifs is 6. The fourth-order valence-electron chi connectivity index (χ4n) is 7.33. The van der Waals surface area contributed by atoms with Crippen LogP contribution in [0.4, 0.5) is 0 Å². The Kier molecular flexibility index (Phi) is 5.27. The van der Waals surface area contributed by atoms with Crippen molar-refractivity contribution < 1.29 is 16.4 Å². The lowest BCUT2D eigenvalue weighted by atomic mass is 10.0. The molecule has 11 rings (SSSR count). The van der Waals surface area contributed by atoms with Crippen molar-refractivity contribution in [2.24, 2.45) is 0 Å². The van der Waals surface area contributed by atoms with Crippen LogP contribution in [0.15, 0.2) is 194 Å². The van der Waals surface area contributed by atoms with Crippen molar-refractivity contribution in [2.45, 2.75) is 0 Å². The Hall–Kier alpha value is -7.21. The van der Waals surface area contributed by atoms with Crippen LogP contribution >= 0.6 is 11.3 Å². The molecule has 0 aliphatic heterocycles. The molecule has 0 spiro atoms. The molecule has 0 unspecified atom stereocenters. The lowest BCUT2D eigenvalue weighted by Gasteiger charge is -2.15. The number of benzene rings is 8. The maximum atomic E-state index is 9.14. The van der Waals surface area contributed by atoms with E-state index < -0.39 is 30.2 Å². The molecule has 262 valence electrons. The minimum atomic E-state index is -0.456. The summed E-state index contributed by atoms with van der Waals surface area (Å²) < 4.78 is 106. The minimum absolute atomic E-state index is 0.112. The Morgan fingerprint density at radius 1 is 0.411 bits per heavy atom. The normalized spacial score (nSPS) is 14.6. The number of aromatic nitrogens is 4. The molecule has 0 saturated carbocycles. The van der Waals surface area contributed by atoms with E-state index in [9.17, 15) is 0 Å². The van der Waals surface area contributed by atoms with Crippen LogP contribution in [0, 0.1) is 0 Å². The Bertz CT molecular complexity index is 3940. The average Bonchev–Trinajstić information content (AvgIpc) is 3.92. The number of para-hydroxylation sites is 2. The number of nitrogens with zero attached hydrogens (tertiary/aromatic N) is 4. The molecule has 0 amide bonds. The first kappa shape index (κ1) is 22.2. The Balaban J connectivity index is 1.11. The standard InChI is InChI=1S/C51H32N4S/c1-3-15-33(16-4-1)35-29-30-46-43(32-35)39-21-7-10-26-44(39)55(46)45-27-11-8-23-42(45)51-53-49(34-17-5-2-6-18-34)52-50(54-51)37-20-13-19-36(31-37)38-24-14-25-41-40-22-9-12-28-47(40)56-48(38)41/h1-32H/i1D,3D,4D,9D,12D,14D,15D,16D,22D,24D,25D,28D. The summed E-state index contributed by atoms with van der Waals surface area (Å²) in [7, 11) is 0. The fraction of sp³-hybridized carbons (Fsp3) is 0. The van der Waals surface area contributed by atoms with E-state index in [2.05, 4.69) is 4.57 Å². The van der Waals surface area contributed by atoms with E-state index in [1.807, 2.05) is 97.1 Å². The van der Waals surface area contributed by atoms with E-state index in [1.54, 1.807) is 24.3 Å². The van der Waals surface area contributed by atoms with Crippen LogP contribution in [0.5, 0.6) is 0 Å². The molecule has 0 N–H and O–H groups in total. The van der Waals surface area contributed by atoms with Gasteiger partial charge in [0.25, 0.3) is 0 Å². The van der Waals surface area contributed by atoms with Crippen LogP contribution in [-0.2, 0) is 0 Å². The van der Waals surface area contributed by atoms with Crippen molar-refractivity contribution in [3.63, 3.8) is 0 Å². The Morgan fingerprint density at radius 2 is 1.11 bits per heavy atom. The first-order chi connectivity index (χ1) is 32.7. The first-order valence-corrected chi connectivity index (χ1v) is 18.6. The number of hydrogen-bond donors (Lipinski definition) is 0. The predicted octanol–water partition coefficient (Wildman–Crippen LogP) is 13.7. The summed E-state index contributed by atoms with van der Waals surface area (Å²) in [4.78, 5) is 15.2. The maximum absolute atomic E-state index is 9.14. The van der Waals surface area contributed by atoms with Gasteiger partial charge in [-0.2, -0.15) is 0 Å². The van der Waals surface area contributed by atoms with Gasteiger partial charge in [-0.1, -0.05) is 151 Å². The van der Waals surface area contributed by atoms with Crippen LogP contribution in [-0.4, -0.2) is 19.5 Å². The second-order valence-corrected chi connectivity index (χ2v) is 14.1. The topological polar surface area (TPSA) is 43.6 Å². The van der Waals surface area contributed by atoms with Crippen molar-refractivity contribution in [1.29, 1.82) is 0 Å². The molecule has 11 aromatic rings. The van der Waals surface area contributed by atoms with Gasteiger partial charge in [0.2, 0.25) is 0 Å². The zero-order valence-corrected chi connectivity index (χ0v) is 30.1. The molecule has 8 aromatic carbocycles. The first-order valence-electron chi connectivity index (χ1n) is 23.8. The van der Waals surface area contributed by atoms with Gasteiger partial charge < -0.3 is 4.57 Å². The molecule has 3 heterocycles. The van der Waals surface area contributed by atoms with E-state index in [1.165, 1.54) is 0 Å². The zero-order valence-electron chi connectivity index (χ0n) is 41.2. The highest BCUT2D eigenvalue weighted by Crippen LogP contribution is 2.41. The molecule has 0 saturated heterocycles. The van der Waals surface area contributed by atoms with Crippen LogP contribution in [0.3, 0.4) is 0 Å². The molecule has 0 fully saturated rings. The molecule has 5 heteroatoms. The zero-order chi connectivity index (χ0) is 47.4. The van der Waals surface area contributed by atoms with E-state index in [4.69, 9.17) is 31.4 Å². The summed E-state index contributed by atoms with van der Waals surface area (Å²) in [5, 5.41) is 2.02. The van der Waals surface area contributed by atoms with Gasteiger partial charge in [-0.3, -0.25) is 0 Å². The van der Waals surface area contributed by atoms with Gasteiger partial charge in [0, 0.05) is 47.6 Å². The van der Waals surface area contributed by atoms with Gasteiger partial charge in [-0.05, 0) is 64.7 Å². The van der Waals surface area contributed by atoms with Crippen LogP contribution < -0.4 is 0 Å².